The third kappa shape index (κ3) is 1.49. The molecule has 1 heterocycles. The molecule has 104 valence electrons. The highest BCUT2D eigenvalue weighted by atomic mass is 16.6. The first-order chi connectivity index (χ1) is 8.87. The van der Waals surface area contributed by atoms with Crippen LogP contribution >= 0.6 is 0 Å². The lowest BCUT2D eigenvalue weighted by molar-refractivity contribution is -0.144. The number of aliphatic hydroxyl groups excluding tert-OH is 1. The van der Waals surface area contributed by atoms with E-state index in [2.05, 4.69) is 6.92 Å². The second-order valence-electron chi connectivity index (χ2n) is 6.53. The number of aliphatic hydroxyl groups is 1. The van der Waals surface area contributed by atoms with Gasteiger partial charge in [-0.2, -0.15) is 0 Å². The fraction of sp³-hybridized carbons (Fsp3) is 0.733. The van der Waals surface area contributed by atoms with Gasteiger partial charge in [-0.25, -0.2) is 0 Å². The van der Waals surface area contributed by atoms with Crippen LogP contribution in [0.25, 0.3) is 0 Å². The van der Waals surface area contributed by atoms with E-state index in [0.29, 0.717) is 0 Å². The molecular formula is C15H20O4. The van der Waals surface area contributed by atoms with Crippen molar-refractivity contribution in [2.75, 3.05) is 0 Å². The lowest BCUT2D eigenvalue weighted by Gasteiger charge is -2.37. The van der Waals surface area contributed by atoms with Gasteiger partial charge >= 0.3 is 5.97 Å². The highest BCUT2D eigenvalue weighted by Crippen LogP contribution is 2.53. The Balaban J connectivity index is 2.06. The van der Waals surface area contributed by atoms with Crippen molar-refractivity contribution in [1.82, 2.24) is 0 Å². The Morgan fingerprint density at radius 2 is 2.05 bits per heavy atom. The molecule has 1 aliphatic heterocycles. The number of hydrogen-bond donors (Lipinski definition) is 1. The van der Waals surface area contributed by atoms with Crippen molar-refractivity contribution in [1.29, 1.82) is 0 Å². The summed E-state index contributed by atoms with van der Waals surface area (Å²) in [5.41, 5.74) is -0.804. The Bertz CT molecular complexity index is 469. The Hall–Kier alpha value is -1.16. The van der Waals surface area contributed by atoms with Gasteiger partial charge in [0.25, 0.3) is 0 Å². The van der Waals surface area contributed by atoms with E-state index in [-0.39, 0.29) is 41.5 Å². The molecule has 0 amide bonds. The lowest BCUT2D eigenvalue weighted by atomic mass is 9.67. The molecular weight excluding hydrogens is 244 g/mol. The van der Waals surface area contributed by atoms with Crippen LogP contribution in [0, 0.1) is 29.1 Å². The van der Waals surface area contributed by atoms with E-state index in [0.717, 1.165) is 6.42 Å². The van der Waals surface area contributed by atoms with Crippen LogP contribution in [0.1, 0.15) is 27.2 Å². The van der Waals surface area contributed by atoms with Crippen LogP contribution in [-0.2, 0) is 14.3 Å². The first-order valence-electron chi connectivity index (χ1n) is 6.98. The summed E-state index contributed by atoms with van der Waals surface area (Å²) in [6, 6.07) is 0. The van der Waals surface area contributed by atoms with Crippen molar-refractivity contribution in [2.24, 2.45) is 29.1 Å². The zero-order chi connectivity index (χ0) is 13.9. The van der Waals surface area contributed by atoms with Crippen LogP contribution in [0.4, 0.5) is 0 Å². The number of fused-ring (bicyclic) bond motifs is 2. The standard InChI is InChI=1S/C15H20O4/c1-7-6-10-12(8(2)14(18)19-10)13(17)15(3)9(7)4-5-11(15)16/h4-5,7-10,12-13,17H,6H2,1-3H3/t7-,8?,9+,10-,12-,13+,15+/m1/s1. The van der Waals surface area contributed by atoms with E-state index in [9.17, 15) is 14.7 Å². The van der Waals surface area contributed by atoms with Gasteiger partial charge in [0.2, 0.25) is 0 Å². The molecule has 1 saturated heterocycles. The summed E-state index contributed by atoms with van der Waals surface area (Å²) >= 11 is 0. The molecule has 2 fully saturated rings. The molecule has 0 bridgehead atoms. The number of rotatable bonds is 0. The molecule has 0 aromatic rings. The molecule has 2 aliphatic carbocycles. The highest BCUT2D eigenvalue weighted by Gasteiger charge is 2.60. The average molecular weight is 264 g/mol. The minimum atomic E-state index is -0.823. The predicted octanol–water partition coefficient (Wildman–Crippen LogP) is 1.33. The van der Waals surface area contributed by atoms with Crippen LogP contribution in [-0.4, -0.2) is 29.1 Å². The molecule has 19 heavy (non-hydrogen) atoms. The van der Waals surface area contributed by atoms with Gasteiger partial charge in [-0.15, -0.1) is 0 Å². The van der Waals surface area contributed by atoms with Gasteiger partial charge in [0.05, 0.1) is 17.4 Å². The molecule has 4 heteroatoms. The first kappa shape index (κ1) is 12.9. The Kier molecular flexibility index (Phi) is 2.65. The minimum Gasteiger partial charge on any atom is -0.462 e. The zero-order valence-electron chi connectivity index (χ0n) is 11.5. The van der Waals surface area contributed by atoms with Crippen molar-refractivity contribution in [3.05, 3.63) is 12.2 Å². The van der Waals surface area contributed by atoms with E-state index in [4.69, 9.17) is 4.74 Å². The van der Waals surface area contributed by atoms with E-state index in [1.165, 1.54) is 0 Å². The SMILES string of the molecule is CC1C(=O)O[C@@H]2C[C@@H](C)[C@@H]3C=CC(=O)[C@@]3(C)[C@@H](O)[C@H]12. The molecule has 0 radical (unpaired) electrons. The number of carbonyl (C=O) groups excluding carboxylic acids is 2. The summed E-state index contributed by atoms with van der Waals surface area (Å²) in [6.07, 6.45) is 3.15. The third-order valence-electron chi connectivity index (χ3n) is 5.52. The number of ether oxygens (including phenoxy) is 1. The second-order valence-corrected chi connectivity index (χ2v) is 6.53. The molecule has 1 saturated carbocycles. The van der Waals surface area contributed by atoms with E-state index < -0.39 is 11.5 Å². The number of ketones is 1. The minimum absolute atomic E-state index is 0.0240. The van der Waals surface area contributed by atoms with Crippen LogP contribution in [0.2, 0.25) is 0 Å². The maximum absolute atomic E-state index is 12.2. The van der Waals surface area contributed by atoms with Crippen LogP contribution in [0.5, 0.6) is 0 Å². The maximum atomic E-state index is 12.2. The van der Waals surface area contributed by atoms with E-state index in [1.807, 2.05) is 13.0 Å². The summed E-state index contributed by atoms with van der Waals surface area (Å²) in [7, 11) is 0. The molecule has 0 spiro atoms. The molecule has 0 aromatic heterocycles. The van der Waals surface area contributed by atoms with Gasteiger partial charge in [0.1, 0.15) is 6.10 Å². The number of esters is 1. The van der Waals surface area contributed by atoms with E-state index >= 15 is 0 Å². The molecule has 3 aliphatic rings. The monoisotopic (exact) mass is 264 g/mol. The molecule has 1 unspecified atom stereocenters. The Morgan fingerprint density at radius 1 is 1.37 bits per heavy atom. The van der Waals surface area contributed by atoms with Crippen molar-refractivity contribution >= 4 is 11.8 Å². The normalized spacial score (nSPS) is 52.6. The van der Waals surface area contributed by atoms with Gasteiger partial charge in [-0.05, 0) is 31.3 Å². The van der Waals surface area contributed by atoms with Gasteiger partial charge in [-0.3, -0.25) is 9.59 Å². The Morgan fingerprint density at radius 3 is 2.74 bits per heavy atom. The summed E-state index contributed by atoms with van der Waals surface area (Å²) in [4.78, 5) is 24.0. The number of allylic oxidation sites excluding steroid dienone is 2. The third-order valence-corrected chi connectivity index (χ3v) is 5.52. The molecule has 4 nitrogen and oxygen atoms in total. The lowest BCUT2D eigenvalue weighted by Crippen LogP contribution is -2.47. The van der Waals surface area contributed by atoms with Gasteiger partial charge in [-0.1, -0.05) is 19.9 Å². The average Bonchev–Trinajstić information content (AvgIpc) is 2.77. The van der Waals surface area contributed by atoms with Crippen LogP contribution < -0.4 is 0 Å². The maximum Gasteiger partial charge on any atom is 0.309 e. The first-order valence-corrected chi connectivity index (χ1v) is 6.98. The van der Waals surface area contributed by atoms with Crippen LogP contribution in [0.3, 0.4) is 0 Å². The quantitative estimate of drug-likeness (QED) is 0.670. The highest BCUT2D eigenvalue weighted by molar-refractivity contribution is 5.98. The smallest absolute Gasteiger partial charge is 0.309 e. The fourth-order valence-corrected chi connectivity index (χ4v) is 4.27. The molecule has 0 aromatic carbocycles. The van der Waals surface area contributed by atoms with Crippen molar-refractivity contribution in [2.45, 2.75) is 39.4 Å². The predicted molar refractivity (Wildman–Crippen MR) is 68.1 cm³/mol. The number of hydrogen-bond acceptors (Lipinski definition) is 4. The van der Waals surface area contributed by atoms with Crippen molar-refractivity contribution in [3.63, 3.8) is 0 Å². The van der Waals surface area contributed by atoms with Crippen LogP contribution in [0.15, 0.2) is 12.2 Å². The molecule has 7 atom stereocenters. The molecule has 1 N–H and O–H groups in total. The molecule has 3 rings (SSSR count). The number of carbonyl (C=O) groups is 2. The fourth-order valence-electron chi connectivity index (χ4n) is 4.27. The Labute approximate surface area is 112 Å². The summed E-state index contributed by atoms with van der Waals surface area (Å²) in [5, 5.41) is 10.8. The summed E-state index contributed by atoms with van der Waals surface area (Å²) in [6.45, 7) is 5.69. The second kappa shape index (κ2) is 3.92. The van der Waals surface area contributed by atoms with Crippen molar-refractivity contribution < 1.29 is 19.4 Å². The van der Waals surface area contributed by atoms with Crippen molar-refractivity contribution in [3.8, 4) is 0 Å². The van der Waals surface area contributed by atoms with Gasteiger partial charge < -0.3 is 9.84 Å². The summed E-state index contributed by atoms with van der Waals surface area (Å²) < 4.78 is 5.41. The topological polar surface area (TPSA) is 63.6 Å². The largest absolute Gasteiger partial charge is 0.462 e. The van der Waals surface area contributed by atoms with E-state index in [1.54, 1.807) is 13.0 Å². The summed E-state index contributed by atoms with van der Waals surface area (Å²) in [5.74, 6) is -0.627. The van der Waals surface area contributed by atoms with Gasteiger partial charge in [0, 0.05) is 5.92 Å². The zero-order valence-corrected chi connectivity index (χ0v) is 11.5. The van der Waals surface area contributed by atoms with Gasteiger partial charge in [0.15, 0.2) is 5.78 Å².